The van der Waals surface area contributed by atoms with Crippen molar-refractivity contribution in [2.45, 2.75) is 20.4 Å². The molecule has 0 aliphatic carbocycles. The molecule has 0 aliphatic heterocycles. The van der Waals surface area contributed by atoms with E-state index in [9.17, 15) is 10.1 Å². The molecule has 148 valence electrons. The Labute approximate surface area is 170 Å². The van der Waals surface area contributed by atoms with Gasteiger partial charge in [-0.3, -0.25) is 4.79 Å². The molecule has 6 heteroatoms. The first-order valence-electron chi connectivity index (χ1n) is 9.35. The van der Waals surface area contributed by atoms with Crippen LogP contribution in [0.3, 0.4) is 0 Å². The maximum absolute atomic E-state index is 12.6. The van der Waals surface area contributed by atoms with Crippen LogP contribution in [-0.4, -0.2) is 24.1 Å². The van der Waals surface area contributed by atoms with Crippen molar-refractivity contribution in [3.8, 4) is 11.8 Å². The standard InChI is InChI=1S/C23H24N4O2/c1-16-17(2)27(15-18-9-5-4-6-10-18)23(19(16)13-24)26-22(28)14-25-20-11-7-8-12-21(20)29-3/h4-12,25H,14-15H2,1-3H3,(H,26,28). The summed E-state index contributed by atoms with van der Waals surface area (Å²) in [5, 5.41) is 15.6. The van der Waals surface area contributed by atoms with Crippen molar-refractivity contribution in [1.29, 1.82) is 5.26 Å². The maximum atomic E-state index is 12.6. The van der Waals surface area contributed by atoms with Crippen molar-refractivity contribution in [3.05, 3.63) is 77.0 Å². The third kappa shape index (κ3) is 4.41. The number of nitriles is 1. The first-order chi connectivity index (χ1) is 14.0. The van der Waals surface area contributed by atoms with Gasteiger partial charge in [-0.25, -0.2) is 0 Å². The van der Waals surface area contributed by atoms with E-state index >= 15 is 0 Å². The van der Waals surface area contributed by atoms with E-state index in [4.69, 9.17) is 4.74 Å². The minimum Gasteiger partial charge on any atom is -0.495 e. The molecule has 1 heterocycles. The van der Waals surface area contributed by atoms with Crippen LogP contribution in [0.1, 0.15) is 22.4 Å². The molecule has 29 heavy (non-hydrogen) atoms. The summed E-state index contributed by atoms with van der Waals surface area (Å²) < 4.78 is 7.27. The number of carbonyl (C=O) groups excluding carboxylic acids is 1. The Morgan fingerprint density at radius 1 is 1.10 bits per heavy atom. The fourth-order valence-electron chi connectivity index (χ4n) is 3.24. The van der Waals surface area contributed by atoms with Crippen molar-refractivity contribution in [1.82, 2.24) is 4.57 Å². The number of nitrogens with zero attached hydrogens (tertiary/aromatic N) is 2. The minimum absolute atomic E-state index is 0.0554. The lowest BCUT2D eigenvalue weighted by atomic mass is 10.2. The zero-order valence-electron chi connectivity index (χ0n) is 16.8. The summed E-state index contributed by atoms with van der Waals surface area (Å²) in [6.07, 6.45) is 0. The van der Waals surface area contributed by atoms with E-state index in [0.717, 1.165) is 22.5 Å². The smallest absolute Gasteiger partial charge is 0.244 e. The molecule has 1 aromatic heterocycles. The average molecular weight is 388 g/mol. The summed E-state index contributed by atoms with van der Waals surface area (Å²) >= 11 is 0. The highest BCUT2D eigenvalue weighted by atomic mass is 16.5. The normalized spacial score (nSPS) is 10.3. The van der Waals surface area contributed by atoms with Gasteiger partial charge in [-0.15, -0.1) is 0 Å². The van der Waals surface area contributed by atoms with Crippen molar-refractivity contribution >= 4 is 17.4 Å². The van der Waals surface area contributed by atoms with Crippen LogP contribution < -0.4 is 15.4 Å². The summed E-state index contributed by atoms with van der Waals surface area (Å²) in [6, 6.07) is 19.6. The van der Waals surface area contributed by atoms with Crippen LogP contribution in [0, 0.1) is 25.2 Å². The molecule has 0 atom stereocenters. The van der Waals surface area contributed by atoms with Gasteiger partial charge in [-0.05, 0) is 37.1 Å². The Kier molecular flexibility index (Phi) is 6.20. The van der Waals surface area contributed by atoms with Gasteiger partial charge in [0.05, 0.1) is 24.9 Å². The van der Waals surface area contributed by atoms with Crippen molar-refractivity contribution in [3.63, 3.8) is 0 Å². The monoisotopic (exact) mass is 388 g/mol. The Morgan fingerprint density at radius 3 is 2.48 bits per heavy atom. The molecule has 0 unspecified atom stereocenters. The van der Waals surface area contributed by atoms with Gasteiger partial charge in [0.25, 0.3) is 0 Å². The largest absolute Gasteiger partial charge is 0.495 e. The van der Waals surface area contributed by atoms with Crippen LogP contribution in [0.2, 0.25) is 0 Å². The second-order valence-corrected chi connectivity index (χ2v) is 6.72. The first kappa shape index (κ1) is 20.0. The van der Waals surface area contributed by atoms with Crippen LogP contribution in [-0.2, 0) is 11.3 Å². The predicted octanol–water partition coefficient (Wildman–Crippen LogP) is 4.08. The molecule has 2 aromatic carbocycles. The van der Waals surface area contributed by atoms with Crippen LogP contribution in [0.5, 0.6) is 5.75 Å². The third-order valence-electron chi connectivity index (χ3n) is 4.93. The predicted molar refractivity (Wildman–Crippen MR) is 114 cm³/mol. The minimum atomic E-state index is -0.237. The molecule has 0 aliphatic rings. The number of carbonyl (C=O) groups is 1. The van der Waals surface area contributed by atoms with Crippen molar-refractivity contribution < 1.29 is 9.53 Å². The molecule has 3 rings (SSSR count). The van der Waals surface area contributed by atoms with Gasteiger partial charge in [0.1, 0.15) is 17.6 Å². The highest BCUT2D eigenvalue weighted by Crippen LogP contribution is 2.27. The molecular formula is C23H24N4O2. The first-order valence-corrected chi connectivity index (χ1v) is 9.35. The van der Waals surface area contributed by atoms with Gasteiger partial charge in [-0.1, -0.05) is 42.5 Å². The van der Waals surface area contributed by atoms with E-state index in [1.807, 2.05) is 73.0 Å². The number of amides is 1. The number of hydrogen-bond donors (Lipinski definition) is 2. The lowest BCUT2D eigenvalue weighted by Crippen LogP contribution is -2.24. The van der Waals surface area contributed by atoms with E-state index < -0.39 is 0 Å². The number of hydrogen-bond acceptors (Lipinski definition) is 4. The molecule has 0 radical (unpaired) electrons. The molecule has 0 fully saturated rings. The summed E-state index contributed by atoms with van der Waals surface area (Å²) in [5.74, 6) is 0.953. The summed E-state index contributed by atoms with van der Waals surface area (Å²) in [7, 11) is 1.59. The summed E-state index contributed by atoms with van der Waals surface area (Å²) in [5.41, 5.74) is 4.15. The van der Waals surface area contributed by atoms with Crippen LogP contribution in [0.25, 0.3) is 0 Å². The Balaban J connectivity index is 1.81. The molecule has 0 spiro atoms. The van der Waals surface area contributed by atoms with Crippen LogP contribution >= 0.6 is 0 Å². The average Bonchev–Trinajstić information content (AvgIpc) is 2.97. The Hall–Kier alpha value is -3.72. The molecule has 0 bridgehead atoms. The zero-order valence-corrected chi connectivity index (χ0v) is 16.8. The van der Waals surface area contributed by atoms with Crippen molar-refractivity contribution in [2.24, 2.45) is 0 Å². The summed E-state index contributed by atoms with van der Waals surface area (Å²) in [4.78, 5) is 12.6. The number of para-hydroxylation sites is 2. The number of benzene rings is 2. The Morgan fingerprint density at radius 2 is 1.79 bits per heavy atom. The highest BCUT2D eigenvalue weighted by molar-refractivity contribution is 5.94. The van der Waals surface area contributed by atoms with E-state index in [0.29, 0.717) is 23.7 Å². The number of anilines is 2. The zero-order chi connectivity index (χ0) is 20.8. The van der Waals surface area contributed by atoms with Crippen LogP contribution in [0.4, 0.5) is 11.5 Å². The SMILES string of the molecule is COc1ccccc1NCC(=O)Nc1c(C#N)c(C)c(C)n1Cc1ccccc1. The molecule has 6 nitrogen and oxygen atoms in total. The van der Waals surface area contributed by atoms with Gasteiger partial charge in [0, 0.05) is 12.2 Å². The second-order valence-electron chi connectivity index (χ2n) is 6.72. The molecule has 1 amide bonds. The number of rotatable bonds is 7. The van der Waals surface area contributed by atoms with E-state index in [-0.39, 0.29) is 12.5 Å². The summed E-state index contributed by atoms with van der Waals surface area (Å²) in [6.45, 7) is 4.49. The maximum Gasteiger partial charge on any atom is 0.244 e. The topological polar surface area (TPSA) is 79.1 Å². The van der Waals surface area contributed by atoms with Gasteiger partial charge in [-0.2, -0.15) is 5.26 Å². The van der Waals surface area contributed by atoms with Crippen molar-refractivity contribution in [2.75, 3.05) is 24.3 Å². The molecular weight excluding hydrogens is 364 g/mol. The number of aromatic nitrogens is 1. The highest BCUT2D eigenvalue weighted by Gasteiger charge is 2.19. The Bertz CT molecular complexity index is 1050. The molecule has 2 N–H and O–H groups in total. The van der Waals surface area contributed by atoms with E-state index in [2.05, 4.69) is 16.7 Å². The van der Waals surface area contributed by atoms with Gasteiger partial charge < -0.3 is 19.9 Å². The van der Waals surface area contributed by atoms with E-state index in [1.54, 1.807) is 7.11 Å². The molecule has 0 saturated heterocycles. The number of ether oxygens (including phenoxy) is 1. The fourth-order valence-corrected chi connectivity index (χ4v) is 3.24. The fraction of sp³-hybridized carbons (Fsp3) is 0.217. The van der Waals surface area contributed by atoms with Gasteiger partial charge in [0.2, 0.25) is 5.91 Å². The van der Waals surface area contributed by atoms with Gasteiger partial charge in [0.15, 0.2) is 0 Å². The van der Waals surface area contributed by atoms with Gasteiger partial charge >= 0.3 is 0 Å². The lowest BCUT2D eigenvalue weighted by molar-refractivity contribution is -0.114. The quantitative estimate of drug-likeness (QED) is 0.639. The third-order valence-corrected chi connectivity index (χ3v) is 4.93. The number of nitrogens with one attached hydrogen (secondary N) is 2. The lowest BCUT2D eigenvalue weighted by Gasteiger charge is -2.14. The molecule has 3 aromatic rings. The van der Waals surface area contributed by atoms with E-state index in [1.165, 1.54) is 0 Å². The second kappa shape index (κ2) is 8.98. The van der Waals surface area contributed by atoms with Crippen LogP contribution in [0.15, 0.2) is 54.6 Å². The molecule has 0 saturated carbocycles. The number of methoxy groups -OCH3 is 1.